The molecule has 198 valence electrons. The molecular weight excluding hydrogens is 486 g/mol. The van der Waals surface area contributed by atoms with Crippen LogP contribution in [-0.4, -0.2) is 71.1 Å². The van der Waals surface area contributed by atoms with Crippen LogP contribution < -0.4 is 14.5 Å². The quantitative estimate of drug-likeness (QED) is 0.510. The Balaban J connectivity index is 1.47. The molecule has 1 aromatic carbocycles. The van der Waals surface area contributed by atoms with Crippen LogP contribution in [0.25, 0.3) is 17.1 Å². The number of carboxylic acid groups (broad SMARTS) is 1. The molecule has 10 heteroatoms. The second-order valence-corrected chi connectivity index (χ2v) is 9.87. The van der Waals surface area contributed by atoms with Crippen molar-refractivity contribution >= 4 is 46.3 Å². The van der Waals surface area contributed by atoms with Gasteiger partial charge in [-0.1, -0.05) is 0 Å². The molecule has 0 bridgehead atoms. The van der Waals surface area contributed by atoms with Gasteiger partial charge in [0, 0.05) is 81.4 Å². The number of piperidine rings is 1. The first-order valence-corrected chi connectivity index (χ1v) is 12.7. The fourth-order valence-corrected chi connectivity index (χ4v) is 5.34. The average Bonchev–Trinajstić information content (AvgIpc) is 3.39. The van der Waals surface area contributed by atoms with Crippen LogP contribution in [0.3, 0.4) is 0 Å². The molecule has 1 N–H and O–H groups in total. The number of Topliss-reactive ketones (excluding diaryl/α,β-unsaturated/α-hetero) is 1. The Labute approximate surface area is 220 Å². The first-order chi connectivity index (χ1) is 18.2. The maximum atomic E-state index is 13.3. The predicted molar refractivity (Wildman–Crippen MR) is 145 cm³/mol. The van der Waals surface area contributed by atoms with Crippen molar-refractivity contribution in [1.82, 2.24) is 14.5 Å². The third-order valence-corrected chi connectivity index (χ3v) is 7.29. The number of nitrogens with zero attached hydrogens (tertiary/aromatic N) is 5. The number of fused-ring (bicyclic) bond motifs is 2. The van der Waals surface area contributed by atoms with Gasteiger partial charge in [0.1, 0.15) is 11.4 Å². The largest absolute Gasteiger partial charge is 0.465 e. The lowest BCUT2D eigenvalue weighted by Crippen LogP contribution is -2.40. The Morgan fingerprint density at radius 2 is 1.95 bits per heavy atom. The Bertz CT molecular complexity index is 1470. The Morgan fingerprint density at radius 1 is 1.21 bits per heavy atom. The van der Waals surface area contributed by atoms with Gasteiger partial charge >= 0.3 is 6.09 Å². The zero-order chi connectivity index (χ0) is 27.1. The summed E-state index contributed by atoms with van der Waals surface area (Å²) in [6, 6.07) is 6.80. The summed E-state index contributed by atoms with van der Waals surface area (Å²) in [6.07, 6.45) is 5.89. The predicted octanol–water partition coefficient (Wildman–Crippen LogP) is 4.00. The van der Waals surface area contributed by atoms with Crippen molar-refractivity contribution in [3.05, 3.63) is 53.5 Å². The minimum atomic E-state index is -1.08. The number of ketones is 1. The molecule has 2 aliphatic heterocycles. The Hall–Kier alpha value is -4.34. The molecule has 3 aromatic rings. The minimum Gasteiger partial charge on any atom is -0.465 e. The lowest BCUT2D eigenvalue weighted by molar-refractivity contribution is -0.133. The number of hydrogen-bond acceptors (Lipinski definition) is 6. The van der Waals surface area contributed by atoms with E-state index in [1.807, 2.05) is 23.9 Å². The molecule has 0 saturated carbocycles. The van der Waals surface area contributed by atoms with Crippen molar-refractivity contribution in [2.24, 2.45) is 13.0 Å². The molecule has 10 nitrogen and oxygen atoms in total. The molecule has 2 amide bonds. The number of rotatable bonds is 5. The van der Waals surface area contributed by atoms with Crippen LogP contribution in [-0.2, 0) is 11.8 Å². The number of hydrogen-bond donors (Lipinski definition) is 1. The number of aromatic nitrogens is 2. The SMILES string of the molecule is CCN(C(=O)O)c1ccc2c(c1)C(=O)C(=Cc1cn(C)c3nccc(N4CCC(C(=O)N(C)C)CC4)c13)O2. The molecule has 2 aliphatic rings. The zero-order valence-corrected chi connectivity index (χ0v) is 22.0. The number of ether oxygens (including phenoxy) is 1. The minimum absolute atomic E-state index is 0.0219. The van der Waals surface area contributed by atoms with Crippen LogP contribution in [0.15, 0.2) is 42.4 Å². The van der Waals surface area contributed by atoms with Crippen LogP contribution in [0.4, 0.5) is 16.2 Å². The van der Waals surface area contributed by atoms with Gasteiger partial charge in [0.15, 0.2) is 5.76 Å². The molecule has 0 unspecified atom stereocenters. The highest BCUT2D eigenvalue weighted by atomic mass is 16.5. The average molecular weight is 518 g/mol. The van der Waals surface area contributed by atoms with E-state index in [2.05, 4.69) is 9.88 Å². The van der Waals surface area contributed by atoms with Gasteiger partial charge < -0.3 is 24.2 Å². The lowest BCUT2D eigenvalue weighted by Gasteiger charge is -2.34. The topological polar surface area (TPSA) is 108 Å². The second kappa shape index (κ2) is 9.85. The summed E-state index contributed by atoms with van der Waals surface area (Å²) in [5.74, 6) is 0.466. The zero-order valence-electron chi connectivity index (χ0n) is 22.0. The van der Waals surface area contributed by atoms with Crippen molar-refractivity contribution in [2.45, 2.75) is 19.8 Å². The monoisotopic (exact) mass is 517 g/mol. The number of benzene rings is 1. The number of aryl methyl sites for hydroxylation is 1. The van der Waals surface area contributed by atoms with E-state index in [0.29, 0.717) is 17.0 Å². The van der Waals surface area contributed by atoms with Gasteiger partial charge in [-0.15, -0.1) is 0 Å². The standard InChI is InChI=1S/C28H31N5O5/c1-5-33(28(36)37)19-6-7-22-20(15-19)25(34)23(38-22)14-18-16-31(4)26-24(18)21(8-11-29-26)32-12-9-17(10-13-32)27(35)30(2)3/h6-8,11,14-17H,5,9-10,12-13H2,1-4H3,(H,36,37). The van der Waals surface area contributed by atoms with Crippen LogP contribution in [0.2, 0.25) is 0 Å². The highest BCUT2D eigenvalue weighted by Crippen LogP contribution is 2.38. The molecule has 0 atom stereocenters. The van der Waals surface area contributed by atoms with Crippen molar-refractivity contribution in [3.63, 3.8) is 0 Å². The molecule has 0 aliphatic carbocycles. The molecule has 1 fully saturated rings. The highest BCUT2D eigenvalue weighted by Gasteiger charge is 2.31. The Morgan fingerprint density at radius 3 is 2.61 bits per heavy atom. The van der Waals surface area contributed by atoms with Crippen LogP contribution in [0, 0.1) is 5.92 Å². The third-order valence-electron chi connectivity index (χ3n) is 7.29. The maximum Gasteiger partial charge on any atom is 0.411 e. The van der Waals surface area contributed by atoms with E-state index < -0.39 is 6.09 Å². The van der Waals surface area contributed by atoms with E-state index in [1.54, 1.807) is 56.4 Å². The number of allylic oxidation sites excluding steroid dienone is 1. The molecule has 2 aromatic heterocycles. The van der Waals surface area contributed by atoms with Gasteiger partial charge in [0.05, 0.1) is 5.56 Å². The lowest BCUT2D eigenvalue weighted by atomic mass is 9.95. The number of carbonyl (C=O) groups excluding carboxylic acids is 2. The van der Waals surface area contributed by atoms with Crippen molar-refractivity contribution in [3.8, 4) is 5.75 Å². The summed E-state index contributed by atoms with van der Waals surface area (Å²) in [6.45, 7) is 3.49. The highest BCUT2D eigenvalue weighted by molar-refractivity contribution is 6.16. The summed E-state index contributed by atoms with van der Waals surface area (Å²) in [4.78, 5) is 47.0. The van der Waals surface area contributed by atoms with Gasteiger partial charge in [-0.3, -0.25) is 14.5 Å². The number of pyridine rings is 1. The van der Waals surface area contributed by atoms with Crippen molar-refractivity contribution in [1.29, 1.82) is 0 Å². The summed E-state index contributed by atoms with van der Waals surface area (Å²) in [7, 11) is 5.50. The first kappa shape index (κ1) is 25.3. The molecule has 5 rings (SSSR count). The van der Waals surface area contributed by atoms with E-state index in [-0.39, 0.29) is 29.9 Å². The van der Waals surface area contributed by atoms with E-state index in [0.717, 1.165) is 48.2 Å². The number of carbonyl (C=O) groups is 3. The smallest absolute Gasteiger partial charge is 0.411 e. The fraction of sp³-hybridized carbons (Fsp3) is 0.357. The molecule has 1 saturated heterocycles. The first-order valence-electron chi connectivity index (χ1n) is 12.7. The fourth-order valence-electron chi connectivity index (χ4n) is 5.34. The maximum absolute atomic E-state index is 13.3. The normalized spacial score (nSPS) is 16.6. The summed E-state index contributed by atoms with van der Waals surface area (Å²) in [5.41, 5.74) is 3.34. The van der Waals surface area contributed by atoms with E-state index in [1.165, 1.54) is 4.90 Å². The van der Waals surface area contributed by atoms with E-state index in [4.69, 9.17) is 4.74 Å². The molecule has 38 heavy (non-hydrogen) atoms. The van der Waals surface area contributed by atoms with Gasteiger partial charge in [-0.2, -0.15) is 0 Å². The Kier molecular flexibility index (Phi) is 6.56. The van der Waals surface area contributed by atoms with E-state index in [9.17, 15) is 19.5 Å². The van der Waals surface area contributed by atoms with Gasteiger partial charge in [0.2, 0.25) is 11.7 Å². The second-order valence-electron chi connectivity index (χ2n) is 9.87. The number of anilines is 2. The van der Waals surface area contributed by atoms with Gasteiger partial charge in [0.25, 0.3) is 0 Å². The molecule has 4 heterocycles. The van der Waals surface area contributed by atoms with Gasteiger partial charge in [-0.25, -0.2) is 9.78 Å². The summed E-state index contributed by atoms with van der Waals surface area (Å²) >= 11 is 0. The van der Waals surface area contributed by atoms with Crippen LogP contribution in [0.5, 0.6) is 5.75 Å². The molecule has 0 spiro atoms. The third kappa shape index (κ3) is 4.36. The van der Waals surface area contributed by atoms with Crippen LogP contribution in [0.1, 0.15) is 35.7 Å². The number of amides is 2. The van der Waals surface area contributed by atoms with Crippen molar-refractivity contribution < 1.29 is 24.2 Å². The van der Waals surface area contributed by atoms with Gasteiger partial charge in [-0.05, 0) is 50.1 Å². The molecular formula is C28H31N5O5. The molecule has 0 radical (unpaired) electrons. The van der Waals surface area contributed by atoms with Crippen molar-refractivity contribution in [2.75, 3.05) is 43.5 Å². The summed E-state index contributed by atoms with van der Waals surface area (Å²) in [5, 5.41) is 10.4. The van der Waals surface area contributed by atoms with Crippen LogP contribution >= 0.6 is 0 Å². The summed E-state index contributed by atoms with van der Waals surface area (Å²) < 4.78 is 7.84. The van der Waals surface area contributed by atoms with E-state index >= 15 is 0 Å².